The number of urea groups is 3. The number of unbranched alkanes of at least 4 members (excludes halogenated alkanes) is 2. The number of nitrogens with zero attached hydrogens (tertiary/aromatic N) is 3. The molecule has 103 heavy (non-hydrogen) atoms. The van der Waals surface area contributed by atoms with Gasteiger partial charge in [0.05, 0.1) is 53.3 Å². The number of primary amides is 3. The summed E-state index contributed by atoms with van der Waals surface area (Å²) in [7, 11) is 3.93. The highest BCUT2D eigenvalue weighted by Gasteiger charge is 2.38. The van der Waals surface area contributed by atoms with Crippen LogP contribution in [0.25, 0.3) is 0 Å². The fourth-order valence-electron chi connectivity index (χ4n) is 12.5. The van der Waals surface area contributed by atoms with Gasteiger partial charge in [-0.05, 0) is 117 Å². The number of carbonyl (C=O) groups excluding carboxylic acids is 6. The topological polar surface area (TPSA) is 287 Å². The lowest BCUT2D eigenvalue weighted by atomic mass is 9.86. The van der Waals surface area contributed by atoms with Crippen molar-refractivity contribution in [2.75, 3.05) is 33.6 Å². The number of aliphatic carboxylic acids is 1. The first-order chi connectivity index (χ1) is 49.9. The summed E-state index contributed by atoms with van der Waals surface area (Å²) in [5.41, 5.74) is 25.4. The Morgan fingerprint density at radius 3 is 1.33 bits per heavy atom. The Kier molecular flexibility index (Phi) is 31.3. The lowest BCUT2D eigenvalue weighted by Gasteiger charge is -2.31. The molecular weight excluding hydrogens is 1340 g/mol. The van der Waals surface area contributed by atoms with Crippen LogP contribution >= 0.6 is 21.6 Å². The second-order valence-electron chi connectivity index (χ2n) is 26.0. The second-order valence-corrected chi connectivity index (χ2v) is 28.7. The van der Waals surface area contributed by atoms with Crippen LogP contribution in [0.4, 0.5) is 48.5 Å². The van der Waals surface area contributed by atoms with Crippen LogP contribution in [-0.4, -0.2) is 82.4 Å². The third-order valence-electron chi connectivity index (χ3n) is 17.8. The number of carboxylic acids is 1. The van der Waals surface area contributed by atoms with Gasteiger partial charge < -0.3 is 46.9 Å². The van der Waals surface area contributed by atoms with Gasteiger partial charge in [0.15, 0.2) is 0 Å². The van der Waals surface area contributed by atoms with Gasteiger partial charge in [0, 0.05) is 71.8 Å². The first kappa shape index (κ1) is 79.0. The molecule has 19 nitrogen and oxygen atoms in total. The maximum atomic E-state index is 12.7. The summed E-state index contributed by atoms with van der Waals surface area (Å²) in [6.45, 7) is 5.50. The van der Waals surface area contributed by atoms with Crippen molar-refractivity contribution in [1.82, 2.24) is 5.32 Å². The highest BCUT2D eigenvalue weighted by molar-refractivity contribution is 8.77. The van der Waals surface area contributed by atoms with E-state index in [1.807, 2.05) is 161 Å². The van der Waals surface area contributed by atoms with E-state index in [9.17, 15) is 38.7 Å². The fourth-order valence-corrected chi connectivity index (χ4v) is 15.5. The first-order valence-corrected chi connectivity index (χ1v) is 37.7. The van der Waals surface area contributed by atoms with E-state index in [-0.39, 0.29) is 31.5 Å². The number of amides is 7. The first-order valence-electron chi connectivity index (χ1n) is 35.4. The van der Waals surface area contributed by atoms with Gasteiger partial charge in [-0.3, -0.25) is 33.9 Å². The summed E-state index contributed by atoms with van der Waals surface area (Å²) in [5, 5.41) is 22.4. The molecular formula is C82H97N7O12S2. The second kappa shape index (κ2) is 40.8. The predicted octanol–water partition coefficient (Wildman–Crippen LogP) is 17.2. The molecule has 5 atom stereocenters. The van der Waals surface area contributed by atoms with E-state index < -0.39 is 59.8 Å². The molecule has 4 aliphatic heterocycles. The number of allylic oxidation sites excluding steroid dienone is 10. The van der Waals surface area contributed by atoms with Crippen LogP contribution < -0.4 is 37.2 Å². The molecule has 0 saturated carbocycles. The van der Waals surface area contributed by atoms with Gasteiger partial charge in [-0.2, -0.15) is 0 Å². The molecule has 1 saturated heterocycles. The number of nitrogens with two attached hydrogens (primary N) is 3. The fraction of sp³-hybridized carbons (Fsp3) is 0.354. The van der Waals surface area contributed by atoms with Crippen molar-refractivity contribution in [3.05, 3.63) is 240 Å². The predicted molar refractivity (Wildman–Crippen MR) is 412 cm³/mol. The lowest BCUT2D eigenvalue weighted by molar-refractivity contribution is -0.150. The number of ether oxygens (including phenoxy) is 3. The van der Waals surface area contributed by atoms with E-state index >= 15 is 0 Å². The number of aliphatic hydroxyl groups is 1. The Morgan fingerprint density at radius 2 is 0.913 bits per heavy atom. The van der Waals surface area contributed by atoms with E-state index in [2.05, 4.69) is 73.0 Å². The van der Waals surface area contributed by atoms with Gasteiger partial charge in [-0.15, -0.1) is 0 Å². The maximum absolute atomic E-state index is 12.7. The Labute approximate surface area is 613 Å². The van der Waals surface area contributed by atoms with Crippen LogP contribution in [0.3, 0.4) is 0 Å². The highest BCUT2D eigenvalue weighted by atomic mass is 33.1. The molecule has 0 radical (unpaired) electrons. The highest BCUT2D eigenvalue weighted by Crippen LogP contribution is 2.46. The summed E-state index contributed by atoms with van der Waals surface area (Å²) in [5.74, 6) is -0.881. The number of aliphatic hydroxyl groups excluding tert-OH is 1. The molecule has 4 aliphatic rings. The Balaban J connectivity index is 0.000000198. The van der Waals surface area contributed by atoms with Crippen molar-refractivity contribution in [1.29, 1.82) is 0 Å². The number of fused-ring (bicyclic) bond motifs is 6. The summed E-state index contributed by atoms with van der Waals surface area (Å²) >= 11 is 0. The molecule has 9 N–H and O–H groups in total. The van der Waals surface area contributed by atoms with Crippen molar-refractivity contribution in [2.45, 2.75) is 160 Å². The zero-order chi connectivity index (χ0) is 73.5. The maximum Gasteiger partial charge on any atom is 0.323 e. The molecule has 0 spiro atoms. The third kappa shape index (κ3) is 23.4. The summed E-state index contributed by atoms with van der Waals surface area (Å²) < 4.78 is 18.1. The molecule has 0 unspecified atom stereocenters. The van der Waals surface area contributed by atoms with Crippen LogP contribution in [0.2, 0.25) is 0 Å². The van der Waals surface area contributed by atoms with Crippen molar-refractivity contribution in [3.63, 3.8) is 0 Å². The number of para-hydroxylation sites is 6. The summed E-state index contributed by atoms with van der Waals surface area (Å²) in [6.07, 6.45) is 31.8. The van der Waals surface area contributed by atoms with Gasteiger partial charge in [-0.25, -0.2) is 14.4 Å². The number of hydrogen-bond acceptors (Lipinski definition) is 13. The Morgan fingerprint density at radius 1 is 0.524 bits per heavy atom. The molecule has 6 aromatic rings. The van der Waals surface area contributed by atoms with Crippen LogP contribution in [-0.2, 0) is 52.7 Å². The average Bonchev–Trinajstić information content (AvgIpc) is 1.67. The number of nitrogens with one attached hydrogen (secondary N) is 1. The minimum Gasteiger partial charge on any atom is -0.481 e. The normalized spacial score (nSPS) is 17.0. The number of esters is 2. The zero-order valence-electron chi connectivity index (χ0n) is 59.0. The number of anilines is 6. The molecule has 7 amide bonds. The Hall–Kier alpha value is -9.67. The molecule has 0 bridgehead atoms. The molecule has 1 fully saturated rings. The van der Waals surface area contributed by atoms with Gasteiger partial charge in [0.25, 0.3) is 0 Å². The van der Waals surface area contributed by atoms with Crippen molar-refractivity contribution >= 4 is 97.6 Å². The van der Waals surface area contributed by atoms with E-state index in [4.69, 9.17) is 36.5 Å². The number of rotatable bonds is 28. The molecule has 21 heteroatoms. The minimum absolute atomic E-state index is 0.0399. The molecule has 10 rings (SSSR count). The van der Waals surface area contributed by atoms with Gasteiger partial charge in [0.2, 0.25) is 5.91 Å². The average molecular weight is 1440 g/mol. The molecule has 0 aromatic heterocycles. The lowest BCUT2D eigenvalue weighted by Crippen LogP contribution is -2.46. The molecule has 6 aromatic carbocycles. The molecule has 4 heterocycles. The van der Waals surface area contributed by atoms with E-state index in [1.54, 1.807) is 19.9 Å². The zero-order valence-corrected chi connectivity index (χ0v) is 60.7. The summed E-state index contributed by atoms with van der Waals surface area (Å²) in [4.78, 5) is 89.8. The SMILES string of the molecule is CC(C)(CO[C@H]1Cc2ccccc2N(C(N)=O)c2ccccc21)[C@@H](O)C(=O)NCCC(=O)O.CC/C=C\C/C=C\C/C=C\C/C=C\C/C=C\CCCC(=O)O[C@H]1Cc2ccccc2N(C(N)=O)c2ccccc21.NC(=O)N1c2ccccc2C[C@H](OC(=O)CCCC[C@@H]2CCSS2)c2ccccc21. The van der Waals surface area contributed by atoms with Crippen molar-refractivity contribution in [2.24, 2.45) is 22.6 Å². The van der Waals surface area contributed by atoms with E-state index in [0.29, 0.717) is 54.9 Å². The van der Waals surface area contributed by atoms with Crippen LogP contribution in [0.15, 0.2) is 206 Å². The standard InChI is InChI=1S/C35H42N2O3.C24H29N3O6.C23H26N2O3S2/c1-2-3-4-5-6-7-8-9-10-11-12-13-14-15-16-17-18-27-34(38)40-33-28-29-23-19-21-25-31(29)37(35(36)39)32-26-22-20-24-30(32)33;1-24(2,21(30)22(31)26-12-11-20(28)29)14-33-19-13-15-7-3-5-9-17(15)27(23(25)32)18-10-6-4-8-16(18)19;24-23(27)25-19-10-4-1-7-16(19)15-21(18-9-3-5-11-20(18)25)28-22(26)12-6-2-8-17-13-14-29-30-17/h3-4,6-7,9-10,12-13,15-16,19-26,33H,2,5,8,11,14,17-18,27-28H2,1H3,(H2,36,39);3-10,19,21,30H,11-14H2,1-2H3,(H2,25,32)(H,26,31)(H,28,29);1,3-5,7,9-11,17,21H,2,6,8,12-15H2,(H2,24,27)/b4-3-,7-6-,10-9-,13-12-,16-15-;;/t33-;19-,21-;17-,21+/m001/s1. The number of hydrogen-bond donors (Lipinski definition) is 6. The third-order valence-corrected chi connectivity index (χ3v) is 20.8. The van der Waals surface area contributed by atoms with E-state index in [0.717, 1.165) is 114 Å². The van der Waals surface area contributed by atoms with Crippen molar-refractivity contribution < 1.29 is 58.0 Å². The molecule has 544 valence electrons. The van der Waals surface area contributed by atoms with Gasteiger partial charge in [-0.1, -0.05) is 219 Å². The van der Waals surface area contributed by atoms with Crippen LogP contribution in [0.1, 0.15) is 162 Å². The van der Waals surface area contributed by atoms with Gasteiger partial charge >= 0.3 is 36.0 Å². The largest absolute Gasteiger partial charge is 0.481 e. The van der Waals surface area contributed by atoms with Gasteiger partial charge in [0.1, 0.15) is 18.3 Å². The number of carboxylic acid groups (broad SMARTS) is 1. The minimum atomic E-state index is -1.40. The van der Waals surface area contributed by atoms with Crippen LogP contribution in [0.5, 0.6) is 0 Å². The number of benzene rings is 6. The van der Waals surface area contributed by atoms with Crippen molar-refractivity contribution in [3.8, 4) is 0 Å². The van der Waals surface area contributed by atoms with Crippen LogP contribution in [0, 0.1) is 5.41 Å². The molecule has 0 aliphatic carbocycles. The Bertz CT molecular complexity index is 4000. The van der Waals surface area contributed by atoms with E-state index in [1.165, 1.54) is 26.9 Å². The summed E-state index contributed by atoms with van der Waals surface area (Å²) in [6, 6.07) is 43.3. The quantitative estimate of drug-likeness (QED) is 0.0115. The smallest absolute Gasteiger partial charge is 0.323 e. The monoisotopic (exact) mass is 1440 g/mol. The number of carbonyl (C=O) groups is 7.